The summed E-state index contributed by atoms with van der Waals surface area (Å²) in [5.74, 6) is -0.376. The molecule has 110 valence electrons. The van der Waals surface area contributed by atoms with E-state index in [4.69, 9.17) is 9.47 Å². The van der Waals surface area contributed by atoms with Gasteiger partial charge in [0, 0.05) is 26.2 Å². The molecule has 0 saturated heterocycles. The highest BCUT2D eigenvalue weighted by Crippen LogP contribution is 2.08. The SMILES string of the molecule is C=CC(=O)NCCCOCCCC(=O)OC(C)(C)C. The van der Waals surface area contributed by atoms with Gasteiger partial charge in [-0.05, 0) is 39.7 Å². The molecule has 0 spiro atoms. The Morgan fingerprint density at radius 1 is 1.21 bits per heavy atom. The van der Waals surface area contributed by atoms with Crippen molar-refractivity contribution < 1.29 is 19.1 Å². The molecular formula is C14H25NO4. The van der Waals surface area contributed by atoms with Crippen molar-refractivity contribution in [3.8, 4) is 0 Å². The molecule has 5 nitrogen and oxygen atoms in total. The minimum atomic E-state index is -0.429. The third-order valence-corrected chi connectivity index (χ3v) is 2.04. The first kappa shape index (κ1) is 17.6. The summed E-state index contributed by atoms with van der Waals surface area (Å²) in [5.41, 5.74) is -0.429. The number of ether oxygens (including phenoxy) is 2. The molecular weight excluding hydrogens is 246 g/mol. The molecule has 0 heterocycles. The first-order valence-electron chi connectivity index (χ1n) is 6.55. The highest BCUT2D eigenvalue weighted by molar-refractivity contribution is 5.86. The lowest BCUT2D eigenvalue weighted by Crippen LogP contribution is -2.24. The fraction of sp³-hybridized carbons (Fsp3) is 0.714. The van der Waals surface area contributed by atoms with E-state index in [0.717, 1.165) is 6.42 Å². The maximum absolute atomic E-state index is 11.4. The lowest BCUT2D eigenvalue weighted by molar-refractivity contribution is -0.155. The Labute approximate surface area is 115 Å². The summed E-state index contributed by atoms with van der Waals surface area (Å²) in [5, 5.41) is 2.66. The lowest BCUT2D eigenvalue weighted by atomic mass is 10.2. The Morgan fingerprint density at radius 2 is 1.84 bits per heavy atom. The van der Waals surface area contributed by atoms with Gasteiger partial charge in [0.25, 0.3) is 0 Å². The second-order valence-electron chi connectivity index (χ2n) is 5.15. The number of hydrogen-bond donors (Lipinski definition) is 1. The van der Waals surface area contributed by atoms with E-state index >= 15 is 0 Å². The number of hydrogen-bond acceptors (Lipinski definition) is 4. The molecule has 0 aliphatic heterocycles. The van der Waals surface area contributed by atoms with Gasteiger partial charge in [-0.2, -0.15) is 0 Å². The average molecular weight is 271 g/mol. The molecule has 1 amide bonds. The highest BCUT2D eigenvalue weighted by Gasteiger charge is 2.15. The first-order chi connectivity index (χ1) is 8.85. The van der Waals surface area contributed by atoms with Gasteiger partial charge in [0.05, 0.1) is 0 Å². The molecule has 0 unspecified atom stereocenters. The van der Waals surface area contributed by atoms with Crippen LogP contribution in [0.2, 0.25) is 0 Å². The van der Waals surface area contributed by atoms with Gasteiger partial charge in [0.15, 0.2) is 0 Å². The van der Waals surface area contributed by atoms with Gasteiger partial charge >= 0.3 is 5.97 Å². The molecule has 0 aromatic heterocycles. The molecule has 0 bridgehead atoms. The summed E-state index contributed by atoms with van der Waals surface area (Å²) >= 11 is 0. The minimum Gasteiger partial charge on any atom is -0.460 e. The number of carbonyl (C=O) groups is 2. The van der Waals surface area contributed by atoms with Crippen LogP contribution in [-0.2, 0) is 19.1 Å². The first-order valence-corrected chi connectivity index (χ1v) is 6.55. The van der Waals surface area contributed by atoms with Crippen molar-refractivity contribution in [2.45, 2.75) is 45.6 Å². The van der Waals surface area contributed by atoms with Gasteiger partial charge in [0.2, 0.25) is 5.91 Å². The van der Waals surface area contributed by atoms with Crippen molar-refractivity contribution in [3.63, 3.8) is 0 Å². The minimum absolute atomic E-state index is 0.176. The van der Waals surface area contributed by atoms with E-state index in [1.54, 1.807) is 0 Å². The van der Waals surface area contributed by atoms with Gasteiger partial charge in [0.1, 0.15) is 5.60 Å². The van der Waals surface area contributed by atoms with E-state index in [1.807, 2.05) is 20.8 Å². The standard InChI is InChI=1S/C14H25NO4/c1-5-12(16)15-9-7-11-18-10-6-8-13(17)19-14(2,3)4/h5H,1,6-11H2,2-4H3,(H,15,16). The average Bonchev–Trinajstić information content (AvgIpc) is 2.29. The molecule has 0 aromatic rings. The van der Waals surface area contributed by atoms with Crippen molar-refractivity contribution >= 4 is 11.9 Å². The van der Waals surface area contributed by atoms with Crippen molar-refractivity contribution in [2.24, 2.45) is 0 Å². The zero-order valence-corrected chi connectivity index (χ0v) is 12.2. The summed E-state index contributed by atoms with van der Waals surface area (Å²) in [4.78, 5) is 22.2. The van der Waals surface area contributed by atoms with E-state index in [9.17, 15) is 9.59 Å². The van der Waals surface area contributed by atoms with E-state index in [0.29, 0.717) is 32.6 Å². The van der Waals surface area contributed by atoms with Crippen LogP contribution in [0.3, 0.4) is 0 Å². The molecule has 0 aromatic carbocycles. The second kappa shape index (κ2) is 9.55. The number of nitrogens with one attached hydrogen (secondary N) is 1. The Kier molecular flexibility index (Phi) is 8.87. The molecule has 0 fully saturated rings. The van der Waals surface area contributed by atoms with E-state index in [1.165, 1.54) is 6.08 Å². The van der Waals surface area contributed by atoms with Crippen LogP contribution >= 0.6 is 0 Å². The van der Waals surface area contributed by atoms with Crippen LogP contribution in [0.5, 0.6) is 0 Å². The zero-order valence-electron chi connectivity index (χ0n) is 12.2. The predicted molar refractivity (Wildman–Crippen MR) is 73.7 cm³/mol. The smallest absolute Gasteiger partial charge is 0.306 e. The summed E-state index contributed by atoms with van der Waals surface area (Å²) in [6.45, 7) is 10.5. The van der Waals surface area contributed by atoms with E-state index in [-0.39, 0.29) is 11.9 Å². The molecule has 0 aliphatic rings. The molecule has 0 rings (SSSR count). The summed E-state index contributed by atoms with van der Waals surface area (Å²) in [6.07, 6.45) is 2.99. The van der Waals surface area contributed by atoms with Crippen LogP contribution in [0, 0.1) is 0 Å². The molecule has 0 saturated carbocycles. The van der Waals surface area contributed by atoms with Crippen LogP contribution in [-0.4, -0.2) is 37.2 Å². The Morgan fingerprint density at radius 3 is 2.42 bits per heavy atom. The van der Waals surface area contributed by atoms with Gasteiger partial charge < -0.3 is 14.8 Å². The molecule has 5 heteroatoms. The normalized spacial score (nSPS) is 10.9. The number of esters is 1. The van der Waals surface area contributed by atoms with Gasteiger partial charge in [-0.1, -0.05) is 6.58 Å². The summed E-state index contributed by atoms with van der Waals surface area (Å²) in [7, 11) is 0. The quantitative estimate of drug-likeness (QED) is 0.395. The molecule has 1 N–H and O–H groups in total. The van der Waals surface area contributed by atoms with E-state index < -0.39 is 5.60 Å². The second-order valence-corrected chi connectivity index (χ2v) is 5.15. The number of amides is 1. The Balaban J connectivity index is 3.34. The third kappa shape index (κ3) is 12.9. The van der Waals surface area contributed by atoms with Gasteiger partial charge in [-0.15, -0.1) is 0 Å². The van der Waals surface area contributed by atoms with Crippen molar-refractivity contribution in [1.82, 2.24) is 5.32 Å². The fourth-order valence-corrected chi connectivity index (χ4v) is 1.27. The summed E-state index contributed by atoms with van der Waals surface area (Å²) < 4.78 is 10.5. The molecule has 19 heavy (non-hydrogen) atoms. The van der Waals surface area contributed by atoms with Crippen LogP contribution in [0.15, 0.2) is 12.7 Å². The molecule has 0 radical (unpaired) electrons. The monoisotopic (exact) mass is 271 g/mol. The van der Waals surface area contributed by atoms with Crippen LogP contribution < -0.4 is 5.32 Å². The largest absolute Gasteiger partial charge is 0.460 e. The van der Waals surface area contributed by atoms with Crippen LogP contribution in [0.4, 0.5) is 0 Å². The highest BCUT2D eigenvalue weighted by atomic mass is 16.6. The topological polar surface area (TPSA) is 64.6 Å². The number of rotatable bonds is 9. The van der Waals surface area contributed by atoms with Gasteiger partial charge in [-0.3, -0.25) is 9.59 Å². The van der Waals surface area contributed by atoms with Crippen molar-refractivity contribution in [3.05, 3.63) is 12.7 Å². The zero-order chi connectivity index (χ0) is 14.7. The maximum atomic E-state index is 11.4. The van der Waals surface area contributed by atoms with Crippen LogP contribution in [0.25, 0.3) is 0 Å². The van der Waals surface area contributed by atoms with Gasteiger partial charge in [-0.25, -0.2) is 0 Å². The summed E-state index contributed by atoms with van der Waals surface area (Å²) in [6, 6.07) is 0. The van der Waals surface area contributed by atoms with E-state index in [2.05, 4.69) is 11.9 Å². The molecule has 0 aliphatic carbocycles. The Bertz CT molecular complexity index is 294. The van der Waals surface area contributed by atoms with Crippen LogP contribution in [0.1, 0.15) is 40.0 Å². The Hall–Kier alpha value is -1.36. The predicted octanol–water partition coefficient (Wildman–Crippen LogP) is 1.82. The number of carbonyl (C=O) groups excluding carboxylic acids is 2. The van der Waals surface area contributed by atoms with Crippen molar-refractivity contribution in [2.75, 3.05) is 19.8 Å². The fourth-order valence-electron chi connectivity index (χ4n) is 1.27. The molecule has 0 atom stereocenters. The van der Waals surface area contributed by atoms with Crippen molar-refractivity contribution in [1.29, 1.82) is 0 Å². The maximum Gasteiger partial charge on any atom is 0.306 e. The lowest BCUT2D eigenvalue weighted by Gasteiger charge is -2.19. The third-order valence-electron chi connectivity index (χ3n) is 2.04.